The van der Waals surface area contributed by atoms with Crippen molar-refractivity contribution in [3.8, 4) is 5.75 Å². The third-order valence-corrected chi connectivity index (χ3v) is 6.60. The summed E-state index contributed by atoms with van der Waals surface area (Å²) in [6.45, 7) is 0.132. The molecule has 0 fully saturated rings. The first kappa shape index (κ1) is 19.7. The van der Waals surface area contributed by atoms with Crippen molar-refractivity contribution in [3.05, 3.63) is 101 Å². The first-order valence-electron chi connectivity index (χ1n) is 9.32. The number of hydrogen-bond donors (Lipinski definition) is 1. The van der Waals surface area contributed by atoms with Gasteiger partial charge in [-0.3, -0.25) is 9.10 Å². The van der Waals surface area contributed by atoms with Crippen LogP contribution in [0.15, 0.2) is 90.0 Å². The standard InChI is InChI=1S/C23H20N2O4S/c1-29-19-13-11-18(12-14-19)24-15-22-23(26)20-9-5-6-10-21(20)25(30(22,27)28)16-17-7-3-2-4-8-17/h2-15,24H,16H2,1H3. The monoisotopic (exact) mass is 420 g/mol. The van der Waals surface area contributed by atoms with Crippen molar-refractivity contribution in [2.45, 2.75) is 6.54 Å². The van der Waals surface area contributed by atoms with Gasteiger partial charge < -0.3 is 10.1 Å². The summed E-state index contributed by atoms with van der Waals surface area (Å²) < 4.78 is 33.2. The van der Waals surface area contributed by atoms with Gasteiger partial charge in [-0.05, 0) is 42.0 Å². The molecule has 3 aromatic rings. The average Bonchev–Trinajstić information content (AvgIpc) is 2.77. The molecule has 4 rings (SSSR count). The van der Waals surface area contributed by atoms with E-state index in [9.17, 15) is 13.2 Å². The zero-order chi connectivity index (χ0) is 21.1. The van der Waals surface area contributed by atoms with Crippen molar-refractivity contribution in [1.82, 2.24) is 0 Å². The van der Waals surface area contributed by atoms with Gasteiger partial charge in [0.25, 0.3) is 10.0 Å². The molecule has 0 aliphatic carbocycles. The number of methoxy groups -OCH3 is 1. The maximum atomic E-state index is 13.4. The van der Waals surface area contributed by atoms with Gasteiger partial charge in [-0.1, -0.05) is 42.5 Å². The number of hydrogen-bond acceptors (Lipinski definition) is 5. The van der Waals surface area contributed by atoms with Gasteiger partial charge >= 0.3 is 0 Å². The Morgan fingerprint density at radius 3 is 2.30 bits per heavy atom. The zero-order valence-corrected chi connectivity index (χ0v) is 17.1. The molecule has 0 amide bonds. The van der Waals surface area contributed by atoms with Crippen molar-refractivity contribution >= 4 is 27.2 Å². The Bertz CT molecular complexity index is 1200. The van der Waals surface area contributed by atoms with Gasteiger partial charge in [0.05, 0.1) is 19.3 Å². The van der Waals surface area contributed by atoms with Crippen molar-refractivity contribution in [1.29, 1.82) is 0 Å². The molecular formula is C23H20N2O4S. The van der Waals surface area contributed by atoms with Crippen molar-refractivity contribution in [2.24, 2.45) is 0 Å². The van der Waals surface area contributed by atoms with E-state index in [1.54, 1.807) is 55.6 Å². The second-order valence-corrected chi connectivity index (χ2v) is 8.56. The molecule has 1 N–H and O–H groups in total. The number of sulfonamides is 1. The fourth-order valence-corrected chi connectivity index (χ4v) is 4.80. The number of carbonyl (C=O) groups is 1. The molecule has 0 atom stereocenters. The summed E-state index contributed by atoms with van der Waals surface area (Å²) >= 11 is 0. The van der Waals surface area contributed by atoms with Crippen LogP contribution >= 0.6 is 0 Å². The molecule has 3 aromatic carbocycles. The molecule has 1 heterocycles. The molecule has 152 valence electrons. The molecular weight excluding hydrogens is 400 g/mol. The number of ketones is 1. The summed E-state index contributed by atoms with van der Waals surface area (Å²) in [5.41, 5.74) is 2.20. The molecule has 0 radical (unpaired) electrons. The molecule has 0 unspecified atom stereocenters. The first-order chi connectivity index (χ1) is 14.5. The Kier molecular flexibility index (Phi) is 5.29. The molecule has 0 spiro atoms. The van der Waals surface area contributed by atoms with Gasteiger partial charge in [-0.25, -0.2) is 8.42 Å². The summed E-state index contributed by atoms with van der Waals surface area (Å²) in [5.74, 6) is 0.147. The number of Topliss-reactive ketones (excluding diaryl/α,β-unsaturated/α-hetero) is 1. The molecule has 1 aliphatic rings. The van der Waals surface area contributed by atoms with Crippen LogP contribution in [0.1, 0.15) is 15.9 Å². The molecule has 0 bridgehead atoms. The Hall–Kier alpha value is -3.58. The molecule has 0 aromatic heterocycles. The molecule has 6 nitrogen and oxygen atoms in total. The van der Waals surface area contributed by atoms with Crippen LogP contribution in [-0.2, 0) is 16.6 Å². The second kappa shape index (κ2) is 8.04. The van der Waals surface area contributed by atoms with Gasteiger partial charge in [0.2, 0.25) is 5.78 Å². The normalized spacial score (nSPS) is 16.2. The Morgan fingerprint density at radius 2 is 1.60 bits per heavy atom. The van der Waals surface area contributed by atoms with Crippen molar-refractivity contribution in [3.63, 3.8) is 0 Å². The van der Waals surface area contributed by atoms with Gasteiger partial charge in [0.15, 0.2) is 4.91 Å². The van der Waals surface area contributed by atoms with Crippen molar-refractivity contribution < 1.29 is 17.9 Å². The van der Waals surface area contributed by atoms with Crippen LogP contribution in [-0.4, -0.2) is 21.3 Å². The second-order valence-electron chi connectivity index (χ2n) is 6.72. The minimum absolute atomic E-state index is 0.132. The van der Waals surface area contributed by atoms with E-state index in [0.717, 1.165) is 5.56 Å². The van der Waals surface area contributed by atoms with E-state index in [1.807, 2.05) is 30.3 Å². The lowest BCUT2D eigenvalue weighted by Gasteiger charge is -2.31. The van der Waals surface area contributed by atoms with Gasteiger partial charge in [0, 0.05) is 17.5 Å². The summed E-state index contributed by atoms with van der Waals surface area (Å²) in [7, 11) is -2.48. The number of carbonyl (C=O) groups excluding carboxylic acids is 1. The number of allylic oxidation sites excluding steroid dienone is 1. The van der Waals surface area contributed by atoms with Crippen LogP contribution in [0.5, 0.6) is 5.75 Å². The smallest absolute Gasteiger partial charge is 0.270 e. The zero-order valence-electron chi connectivity index (χ0n) is 16.3. The van der Waals surface area contributed by atoms with Crippen LogP contribution in [0.25, 0.3) is 0 Å². The number of fused-ring (bicyclic) bond motifs is 1. The van der Waals surface area contributed by atoms with Crippen molar-refractivity contribution in [2.75, 3.05) is 16.7 Å². The topological polar surface area (TPSA) is 75.7 Å². The quantitative estimate of drug-likeness (QED) is 0.627. The molecule has 0 saturated heterocycles. The van der Waals surface area contributed by atoms with E-state index in [-0.39, 0.29) is 11.4 Å². The molecule has 1 aliphatic heterocycles. The average molecular weight is 420 g/mol. The Morgan fingerprint density at radius 1 is 0.933 bits per heavy atom. The Labute approximate surface area is 175 Å². The summed E-state index contributed by atoms with van der Waals surface area (Å²) in [4.78, 5) is 12.7. The summed E-state index contributed by atoms with van der Waals surface area (Å²) in [5, 5.41) is 2.92. The molecule has 30 heavy (non-hydrogen) atoms. The number of nitrogens with zero attached hydrogens (tertiary/aromatic N) is 1. The van der Waals surface area contributed by atoms with E-state index < -0.39 is 15.8 Å². The van der Waals surface area contributed by atoms with Crippen LogP contribution in [0.4, 0.5) is 11.4 Å². The van der Waals surface area contributed by atoms with Gasteiger partial charge in [0.1, 0.15) is 5.75 Å². The number of ether oxygens (including phenoxy) is 1. The van der Waals surface area contributed by atoms with Crippen LogP contribution in [0.3, 0.4) is 0 Å². The number of nitrogens with one attached hydrogen (secondary N) is 1. The highest BCUT2D eigenvalue weighted by molar-refractivity contribution is 7.97. The van der Waals surface area contributed by atoms with Gasteiger partial charge in [-0.15, -0.1) is 0 Å². The van der Waals surface area contributed by atoms with E-state index in [4.69, 9.17) is 4.74 Å². The highest BCUT2D eigenvalue weighted by Crippen LogP contribution is 2.36. The highest BCUT2D eigenvalue weighted by atomic mass is 32.2. The summed E-state index contributed by atoms with van der Waals surface area (Å²) in [6, 6.07) is 23.0. The van der Waals surface area contributed by atoms with Gasteiger partial charge in [-0.2, -0.15) is 0 Å². The van der Waals surface area contributed by atoms with Crippen LogP contribution in [0, 0.1) is 0 Å². The van der Waals surface area contributed by atoms with E-state index in [0.29, 0.717) is 22.7 Å². The minimum Gasteiger partial charge on any atom is -0.497 e. The predicted octanol–water partition coefficient (Wildman–Crippen LogP) is 4.18. The fraction of sp³-hybridized carbons (Fsp3) is 0.0870. The number of benzene rings is 3. The lowest BCUT2D eigenvalue weighted by atomic mass is 10.1. The SMILES string of the molecule is COc1ccc(NC=C2C(=O)c3ccccc3N(Cc3ccccc3)S2(=O)=O)cc1. The molecule has 0 saturated carbocycles. The van der Waals surface area contributed by atoms with Crippen LogP contribution in [0.2, 0.25) is 0 Å². The van der Waals surface area contributed by atoms with E-state index in [2.05, 4.69) is 5.32 Å². The van der Waals surface area contributed by atoms with E-state index in [1.165, 1.54) is 10.5 Å². The maximum absolute atomic E-state index is 13.4. The first-order valence-corrected chi connectivity index (χ1v) is 10.8. The predicted molar refractivity (Wildman–Crippen MR) is 117 cm³/mol. The summed E-state index contributed by atoms with van der Waals surface area (Å²) in [6.07, 6.45) is 1.26. The van der Waals surface area contributed by atoms with Crippen LogP contribution < -0.4 is 14.4 Å². The largest absolute Gasteiger partial charge is 0.497 e. The third-order valence-electron chi connectivity index (χ3n) is 4.84. The third kappa shape index (κ3) is 3.67. The number of anilines is 2. The van der Waals surface area contributed by atoms with E-state index >= 15 is 0 Å². The molecule has 7 heteroatoms. The number of rotatable bonds is 5. The fourth-order valence-electron chi connectivity index (χ4n) is 3.28. The Balaban J connectivity index is 1.74. The highest BCUT2D eigenvalue weighted by Gasteiger charge is 2.39. The number of para-hydroxylation sites is 1. The lowest BCUT2D eigenvalue weighted by Crippen LogP contribution is -2.39. The maximum Gasteiger partial charge on any atom is 0.270 e. The lowest BCUT2D eigenvalue weighted by molar-refractivity contribution is 0.104. The minimum atomic E-state index is -4.05.